The van der Waals surface area contributed by atoms with Crippen molar-refractivity contribution in [2.75, 3.05) is 16.8 Å². The van der Waals surface area contributed by atoms with Gasteiger partial charge in [-0.05, 0) is 18.2 Å². The standard InChI is InChI=1S/C13H10FN5OS/c14-9-2-1-3-10(4-9)18-11(20)7-21-13-17-6-8(5-15)12(16)19-13/h1-4,6H,7H2,(H,18,20)(H2,16,17,19). The summed E-state index contributed by atoms with van der Waals surface area (Å²) in [7, 11) is 0. The second-order valence-corrected chi connectivity index (χ2v) is 4.85. The van der Waals surface area contributed by atoms with Crippen molar-refractivity contribution in [3.05, 3.63) is 41.8 Å². The van der Waals surface area contributed by atoms with Crippen LogP contribution < -0.4 is 11.1 Å². The normalized spacial score (nSPS) is 9.90. The first-order valence-electron chi connectivity index (χ1n) is 5.79. The molecule has 1 aromatic carbocycles. The third-order valence-electron chi connectivity index (χ3n) is 2.36. The molecule has 106 valence electrons. The third-order valence-corrected chi connectivity index (χ3v) is 3.22. The molecular formula is C13H10FN5OS. The Morgan fingerprint density at radius 2 is 2.33 bits per heavy atom. The Labute approximate surface area is 124 Å². The predicted octanol–water partition coefficient (Wildman–Crippen LogP) is 1.80. The molecule has 6 nitrogen and oxygen atoms in total. The van der Waals surface area contributed by atoms with Crippen molar-refractivity contribution in [3.8, 4) is 6.07 Å². The molecule has 0 radical (unpaired) electrons. The number of thioether (sulfide) groups is 1. The second kappa shape index (κ2) is 6.67. The van der Waals surface area contributed by atoms with Gasteiger partial charge in [0.2, 0.25) is 5.91 Å². The van der Waals surface area contributed by atoms with Gasteiger partial charge in [-0.2, -0.15) is 5.26 Å². The summed E-state index contributed by atoms with van der Waals surface area (Å²) in [6, 6.07) is 7.45. The lowest BCUT2D eigenvalue weighted by molar-refractivity contribution is -0.113. The van der Waals surface area contributed by atoms with Gasteiger partial charge in [0.25, 0.3) is 0 Å². The highest BCUT2D eigenvalue weighted by Crippen LogP contribution is 2.16. The van der Waals surface area contributed by atoms with E-state index in [2.05, 4.69) is 15.3 Å². The lowest BCUT2D eigenvalue weighted by Gasteiger charge is -2.05. The number of rotatable bonds is 4. The number of hydrogen-bond donors (Lipinski definition) is 2. The lowest BCUT2D eigenvalue weighted by atomic mass is 10.3. The van der Waals surface area contributed by atoms with E-state index in [1.807, 2.05) is 6.07 Å². The van der Waals surface area contributed by atoms with E-state index in [-0.39, 0.29) is 23.0 Å². The molecule has 21 heavy (non-hydrogen) atoms. The molecule has 0 bridgehead atoms. The first kappa shape index (κ1) is 14.7. The van der Waals surface area contributed by atoms with Crippen molar-refractivity contribution < 1.29 is 9.18 Å². The molecule has 2 rings (SSSR count). The van der Waals surface area contributed by atoms with Crippen LogP contribution in [0.3, 0.4) is 0 Å². The monoisotopic (exact) mass is 303 g/mol. The Hall–Kier alpha value is -2.66. The highest BCUT2D eigenvalue weighted by Gasteiger charge is 2.08. The van der Waals surface area contributed by atoms with Crippen molar-refractivity contribution >= 4 is 29.2 Å². The van der Waals surface area contributed by atoms with Gasteiger partial charge in [-0.15, -0.1) is 0 Å². The van der Waals surface area contributed by atoms with E-state index in [1.165, 1.54) is 24.4 Å². The number of nitriles is 1. The van der Waals surface area contributed by atoms with Crippen LogP contribution in [0, 0.1) is 17.1 Å². The summed E-state index contributed by atoms with van der Waals surface area (Å²) < 4.78 is 13.0. The second-order valence-electron chi connectivity index (χ2n) is 3.91. The maximum Gasteiger partial charge on any atom is 0.234 e. The summed E-state index contributed by atoms with van der Waals surface area (Å²) >= 11 is 1.07. The van der Waals surface area contributed by atoms with Crippen molar-refractivity contribution in [1.29, 1.82) is 5.26 Å². The van der Waals surface area contributed by atoms with Gasteiger partial charge in [-0.1, -0.05) is 17.8 Å². The molecule has 0 saturated heterocycles. The van der Waals surface area contributed by atoms with Gasteiger partial charge >= 0.3 is 0 Å². The lowest BCUT2D eigenvalue weighted by Crippen LogP contribution is -2.14. The zero-order chi connectivity index (χ0) is 15.2. The molecule has 8 heteroatoms. The average molecular weight is 303 g/mol. The fourth-order valence-corrected chi connectivity index (χ4v) is 2.05. The number of carbonyl (C=O) groups is 1. The molecule has 0 aliphatic heterocycles. The molecule has 0 aliphatic carbocycles. The highest BCUT2D eigenvalue weighted by molar-refractivity contribution is 7.99. The van der Waals surface area contributed by atoms with Crippen molar-refractivity contribution in [1.82, 2.24) is 9.97 Å². The van der Waals surface area contributed by atoms with E-state index in [1.54, 1.807) is 6.07 Å². The molecule has 1 aromatic heterocycles. The van der Waals surface area contributed by atoms with E-state index < -0.39 is 5.82 Å². The summed E-state index contributed by atoms with van der Waals surface area (Å²) in [4.78, 5) is 19.5. The van der Waals surface area contributed by atoms with Crippen LogP contribution in [0.15, 0.2) is 35.6 Å². The molecule has 2 aromatic rings. The number of aromatic nitrogens is 2. The number of carbonyl (C=O) groups excluding carboxylic acids is 1. The zero-order valence-corrected chi connectivity index (χ0v) is 11.5. The Morgan fingerprint density at radius 3 is 3.00 bits per heavy atom. The summed E-state index contributed by atoms with van der Waals surface area (Å²) in [5.41, 5.74) is 6.11. The van der Waals surface area contributed by atoms with Crippen molar-refractivity contribution in [3.63, 3.8) is 0 Å². The fraction of sp³-hybridized carbons (Fsp3) is 0.0769. The minimum atomic E-state index is -0.427. The minimum absolute atomic E-state index is 0.0435. The summed E-state index contributed by atoms with van der Waals surface area (Å²) in [6.45, 7) is 0. The predicted molar refractivity (Wildman–Crippen MR) is 76.9 cm³/mol. The molecule has 1 amide bonds. The SMILES string of the molecule is N#Cc1cnc(SCC(=O)Nc2cccc(F)c2)nc1N. The van der Waals surface area contributed by atoms with Crippen molar-refractivity contribution in [2.45, 2.75) is 5.16 Å². The number of amides is 1. The van der Waals surface area contributed by atoms with Gasteiger partial charge in [-0.3, -0.25) is 4.79 Å². The van der Waals surface area contributed by atoms with E-state index >= 15 is 0 Å². The topological polar surface area (TPSA) is 105 Å². The van der Waals surface area contributed by atoms with Gasteiger partial charge in [0.15, 0.2) is 5.16 Å². The highest BCUT2D eigenvalue weighted by atomic mass is 32.2. The van der Waals surface area contributed by atoms with Crippen LogP contribution in [0.2, 0.25) is 0 Å². The van der Waals surface area contributed by atoms with Crippen LogP contribution in [0.25, 0.3) is 0 Å². The fourth-order valence-electron chi connectivity index (χ4n) is 1.43. The third kappa shape index (κ3) is 4.15. The molecule has 3 N–H and O–H groups in total. The molecule has 0 fully saturated rings. The van der Waals surface area contributed by atoms with Gasteiger partial charge in [-0.25, -0.2) is 14.4 Å². The van der Waals surface area contributed by atoms with Gasteiger partial charge in [0.05, 0.1) is 11.9 Å². The van der Waals surface area contributed by atoms with E-state index in [0.29, 0.717) is 10.8 Å². The van der Waals surface area contributed by atoms with Crippen LogP contribution >= 0.6 is 11.8 Å². The maximum absolute atomic E-state index is 13.0. The van der Waals surface area contributed by atoms with E-state index in [4.69, 9.17) is 11.0 Å². The number of benzene rings is 1. The Kier molecular flexibility index (Phi) is 4.68. The molecule has 0 atom stereocenters. The number of hydrogen-bond acceptors (Lipinski definition) is 6. The number of nitrogens with two attached hydrogens (primary N) is 1. The smallest absolute Gasteiger partial charge is 0.234 e. The van der Waals surface area contributed by atoms with Crippen LogP contribution in [-0.4, -0.2) is 21.6 Å². The Bertz CT molecular complexity index is 716. The molecule has 1 heterocycles. The van der Waals surface area contributed by atoms with Crippen LogP contribution in [-0.2, 0) is 4.79 Å². The average Bonchev–Trinajstić information content (AvgIpc) is 2.45. The van der Waals surface area contributed by atoms with Gasteiger partial charge in [0, 0.05) is 5.69 Å². The first-order chi connectivity index (χ1) is 10.1. The molecule has 0 spiro atoms. The summed E-state index contributed by atoms with van der Waals surface area (Å²) in [6.07, 6.45) is 1.30. The van der Waals surface area contributed by atoms with E-state index in [0.717, 1.165) is 11.8 Å². The van der Waals surface area contributed by atoms with Crippen LogP contribution in [0.4, 0.5) is 15.9 Å². The molecule has 0 aliphatic rings. The number of halogens is 1. The number of anilines is 2. The van der Waals surface area contributed by atoms with Gasteiger partial charge in [0.1, 0.15) is 23.3 Å². The van der Waals surface area contributed by atoms with Crippen LogP contribution in [0.1, 0.15) is 5.56 Å². The largest absolute Gasteiger partial charge is 0.382 e. The quantitative estimate of drug-likeness (QED) is 0.659. The molecule has 0 unspecified atom stereocenters. The Balaban J connectivity index is 1.92. The molecular weight excluding hydrogens is 293 g/mol. The number of nitrogens with zero attached hydrogens (tertiary/aromatic N) is 3. The van der Waals surface area contributed by atoms with E-state index in [9.17, 15) is 9.18 Å². The maximum atomic E-state index is 13.0. The molecule has 0 saturated carbocycles. The minimum Gasteiger partial charge on any atom is -0.382 e. The summed E-state index contributed by atoms with van der Waals surface area (Å²) in [5, 5.41) is 11.5. The summed E-state index contributed by atoms with van der Waals surface area (Å²) in [5.74, 6) is -0.636. The Morgan fingerprint density at radius 1 is 1.52 bits per heavy atom. The zero-order valence-electron chi connectivity index (χ0n) is 10.7. The van der Waals surface area contributed by atoms with Gasteiger partial charge < -0.3 is 11.1 Å². The van der Waals surface area contributed by atoms with Crippen molar-refractivity contribution in [2.24, 2.45) is 0 Å². The van der Waals surface area contributed by atoms with Crippen LogP contribution in [0.5, 0.6) is 0 Å². The number of nitrogen functional groups attached to an aromatic ring is 1. The first-order valence-corrected chi connectivity index (χ1v) is 6.78. The number of nitrogens with one attached hydrogen (secondary N) is 1.